The molecule has 0 bridgehead atoms. The highest BCUT2D eigenvalue weighted by molar-refractivity contribution is 5.86. The minimum Gasteiger partial charge on any atom is -0.444 e. The lowest BCUT2D eigenvalue weighted by Crippen LogP contribution is -2.55. The molecule has 2 fully saturated rings. The zero-order valence-corrected chi connectivity index (χ0v) is 39.1. The van der Waals surface area contributed by atoms with Gasteiger partial charge in [-0.1, -0.05) is 84.9 Å². The molecule has 5 N–H and O–H groups in total. The van der Waals surface area contributed by atoms with E-state index >= 15 is 0 Å². The quantitative estimate of drug-likeness (QED) is 0.120. The maximum absolute atomic E-state index is 13.4. The van der Waals surface area contributed by atoms with Crippen LogP contribution in [0.25, 0.3) is 0 Å². The number of likely N-dealkylation sites (N-methyl/N-ethyl adjacent to an activating group) is 2. The van der Waals surface area contributed by atoms with Gasteiger partial charge in [0.1, 0.15) is 11.6 Å². The van der Waals surface area contributed by atoms with Gasteiger partial charge in [0.25, 0.3) is 0 Å². The van der Waals surface area contributed by atoms with Gasteiger partial charge in [-0.3, -0.25) is 19.4 Å². The first-order valence-electron chi connectivity index (χ1n) is 22.9. The van der Waals surface area contributed by atoms with Crippen molar-refractivity contribution in [2.24, 2.45) is 5.73 Å². The van der Waals surface area contributed by atoms with Gasteiger partial charge in [-0.25, -0.2) is 4.79 Å². The molecule has 6 rings (SSSR count). The Labute approximate surface area is 386 Å². The number of nitrogens with two attached hydrogens (primary N) is 1. The lowest BCUT2D eigenvalue weighted by atomic mass is 10.0. The fraction of sp³-hybridized carbons (Fsp3) is 0.471. The highest BCUT2D eigenvalue weighted by Gasteiger charge is 2.31. The molecule has 0 unspecified atom stereocenters. The summed E-state index contributed by atoms with van der Waals surface area (Å²) in [6.07, 6.45) is 0.413. The second-order valence-corrected chi connectivity index (χ2v) is 18.0. The van der Waals surface area contributed by atoms with Crippen molar-refractivity contribution < 1.29 is 29.3 Å². The molecule has 2 aliphatic heterocycles. The van der Waals surface area contributed by atoms with Crippen LogP contribution in [0.3, 0.4) is 0 Å². The highest BCUT2D eigenvalue weighted by Crippen LogP contribution is 2.19. The van der Waals surface area contributed by atoms with E-state index in [4.69, 9.17) is 20.7 Å². The Morgan fingerprint density at radius 1 is 0.600 bits per heavy atom. The molecule has 0 radical (unpaired) electrons. The number of nitrogens with one attached hydrogen (secondary N) is 1. The molecule has 14 heteroatoms. The Bertz CT molecular complexity index is 2020. The van der Waals surface area contributed by atoms with E-state index in [0.29, 0.717) is 39.0 Å². The SMILES string of the molecule is CN(CCO)c1ccc(CN2CCN(C(=O)[C@@H](N)Cc3ccccc3)CC2)cc1.CN(CCO)c1ccc(CN2CCN(C(=O)[C@H](Cc3ccccc3)NC(=O)OC(C)(C)C)CC2)cc1. The van der Waals surface area contributed by atoms with Crippen LogP contribution in [-0.4, -0.2) is 158 Å². The summed E-state index contributed by atoms with van der Waals surface area (Å²) in [5.41, 5.74) is 12.3. The Morgan fingerprint density at radius 3 is 1.40 bits per heavy atom. The predicted octanol–water partition coefficient (Wildman–Crippen LogP) is 4.22. The molecule has 0 saturated carbocycles. The van der Waals surface area contributed by atoms with Crippen LogP contribution in [0.4, 0.5) is 16.2 Å². The molecule has 352 valence electrons. The van der Waals surface area contributed by atoms with E-state index in [1.54, 1.807) is 20.8 Å². The van der Waals surface area contributed by atoms with E-state index < -0.39 is 23.8 Å². The maximum atomic E-state index is 13.4. The van der Waals surface area contributed by atoms with Crippen molar-refractivity contribution in [2.45, 2.75) is 64.4 Å². The third-order valence-electron chi connectivity index (χ3n) is 11.7. The number of nitrogens with zero attached hydrogens (tertiary/aromatic N) is 6. The van der Waals surface area contributed by atoms with E-state index in [9.17, 15) is 14.4 Å². The van der Waals surface area contributed by atoms with E-state index in [2.05, 4.69) is 63.6 Å². The highest BCUT2D eigenvalue weighted by atomic mass is 16.6. The van der Waals surface area contributed by atoms with Gasteiger partial charge in [0.2, 0.25) is 11.8 Å². The van der Waals surface area contributed by atoms with Crippen molar-refractivity contribution in [3.05, 3.63) is 131 Å². The summed E-state index contributed by atoms with van der Waals surface area (Å²) >= 11 is 0. The van der Waals surface area contributed by atoms with Crippen LogP contribution in [-0.2, 0) is 40.3 Å². The minimum atomic E-state index is -0.683. The van der Waals surface area contributed by atoms with Crippen LogP contribution in [0.5, 0.6) is 0 Å². The van der Waals surface area contributed by atoms with Gasteiger partial charge in [-0.05, 0) is 73.7 Å². The van der Waals surface area contributed by atoms with Crippen molar-refractivity contribution in [1.82, 2.24) is 24.9 Å². The molecule has 65 heavy (non-hydrogen) atoms. The largest absolute Gasteiger partial charge is 0.444 e. The number of carbonyl (C=O) groups is 3. The Hall–Kier alpha value is -5.51. The molecule has 2 aliphatic rings. The molecule has 0 aliphatic carbocycles. The fourth-order valence-electron chi connectivity index (χ4n) is 7.95. The fourth-order valence-corrected chi connectivity index (χ4v) is 7.95. The molecule has 0 aromatic heterocycles. The average molecular weight is 893 g/mol. The Kier molecular flexibility index (Phi) is 19.6. The summed E-state index contributed by atoms with van der Waals surface area (Å²) in [5, 5.41) is 21.0. The second-order valence-electron chi connectivity index (χ2n) is 18.0. The Balaban J connectivity index is 0.000000250. The standard InChI is InChI=1S/C28H40N4O4.C23H32N4O2/c1-28(2,3)36-27(35)29-25(20-22-8-6-5-7-9-22)26(34)32-16-14-31(15-17-32)21-23-10-12-24(13-11-23)30(4)18-19-33;1-25(15-16-28)21-9-7-20(8-10-21)18-26-11-13-27(14-12-26)23(29)22(24)17-19-5-3-2-4-6-19/h5-13,25,33H,14-21H2,1-4H3,(H,29,35);2-10,22,28H,11-18,24H2,1H3/t25-;22-/m00/s1. The van der Waals surface area contributed by atoms with Crippen molar-refractivity contribution in [3.63, 3.8) is 0 Å². The first-order chi connectivity index (χ1) is 31.2. The molecular formula is C51H72N8O6. The number of hydrogen-bond acceptors (Lipinski definition) is 11. The van der Waals surface area contributed by atoms with Crippen molar-refractivity contribution in [3.8, 4) is 0 Å². The summed E-state index contributed by atoms with van der Waals surface area (Å²) in [6, 6.07) is 35.3. The monoisotopic (exact) mass is 893 g/mol. The van der Waals surface area contributed by atoms with Crippen molar-refractivity contribution >= 4 is 29.3 Å². The number of benzene rings is 4. The number of alkyl carbamates (subject to hydrolysis) is 1. The molecule has 14 nitrogen and oxygen atoms in total. The van der Waals surface area contributed by atoms with Crippen molar-refractivity contribution in [1.29, 1.82) is 0 Å². The van der Waals surface area contributed by atoms with Gasteiger partial charge in [-0.15, -0.1) is 0 Å². The minimum absolute atomic E-state index is 0.0461. The molecule has 3 amide bonds. The van der Waals surface area contributed by atoms with Gasteiger partial charge in [-0.2, -0.15) is 0 Å². The van der Waals surface area contributed by atoms with Crippen LogP contribution in [0.1, 0.15) is 43.0 Å². The van der Waals surface area contributed by atoms with Crippen molar-refractivity contribution in [2.75, 3.05) is 103 Å². The zero-order valence-electron chi connectivity index (χ0n) is 39.1. The first-order valence-corrected chi connectivity index (χ1v) is 22.9. The first kappa shape index (κ1) is 50.5. The average Bonchev–Trinajstić information content (AvgIpc) is 3.30. The lowest BCUT2D eigenvalue weighted by molar-refractivity contribution is -0.135. The smallest absolute Gasteiger partial charge is 0.408 e. The molecule has 2 saturated heterocycles. The molecule has 4 aromatic carbocycles. The zero-order chi connectivity index (χ0) is 46.8. The summed E-state index contributed by atoms with van der Waals surface area (Å²) in [5.74, 6) is -0.0367. The normalized spacial score (nSPS) is 15.6. The second kappa shape index (κ2) is 25.3. The Morgan fingerprint density at radius 2 is 1.00 bits per heavy atom. The number of hydrogen-bond donors (Lipinski definition) is 4. The number of carbonyl (C=O) groups excluding carboxylic acids is 3. The lowest BCUT2D eigenvalue weighted by Gasteiger charge is -2.36. The van der Waals surface area contributed by atoms with Crippen LogP contribution in [0.15, 0.2) is 109 Å². The topological polar surface area (TPSA) is 158 Å². The number of aliphatic hydroxyl groups is 2. The molecular weight excluding hydrogens is 821 g/mol. The number of amides is 3. The van der Waals surface area contributed by atoms with Gasteiger partial charge in [0.15, 0.2) is 0 Å². The van der Waals surface area contributed by atoms with Gasteiger partial charge >= 0.3 is 6.09 Å². The summed E-state index contributed by atoms with van der Waals surface area (Å²) in [7, 11) is 3.94. The van der Waals surface area contributed by atoms with E-state index in [-0.39, 0.29) is 25.0 Å². The third-order valence-corrected chi connectivity index (χ3v) is 11.7. The molecule has 2 heterocycles. The summed E-state index contributed by atoms with van der Waals surface area (Å²) in [4.78, 5) is 51.1. The number of rotatable bonds is 17. The van der Waals surface area contributed by atoms with Crippen LogP contribution >= 0.6 is 0 Å². The molecule has 4 aromatic rings. The number of anilines is 2. The number of ether oxygens (including phenoxy) is 1. The molecule has 0 spiro atoms. The van der Waals surface area contributed by atoms with E-state index in [1.807, 2.05) is 94.4 Å². The van der Waals surface area contributed by atoms with Gasteiger partial charge in [0, 0.05) is 110 Å². The summed E-state index contributed by atoms with van der Waals surface area (Å²) < 4.78 is 5.42. The predicted molar refractivity (Wildman–Crippen MR) is 259 cm³/mol. The van der Waals surface area contributed by atoms with Crippen LogP contribution in [0.2, 0.25) is 0 Å². The molecule has 2 atom stereocenters. The maximum Gasteiger partial charge on any atom is 0.408 e. The third kappa shape index (κ3) is 16.8. The van der Waals surface area contributed by atoms with Crippen LogP contribution in [0, 0.1) is 0 Å². The number of piperazine rings is 2. The van der Waals surface area contributed by atoms with Crippen LogP contribution < -0.4 is 20.9 Å². The number of aliphatic hydroxyl groups excluding tert-OH is 2. The van der Waals surface area contributed by atoms with E-state index in [1.165, 1.54) is 11.1 Å². The van der Waals surface area contributed by atoms with E-state index in [0.717, 1.165) is 74.9 Å². The summed E-state index contributed by atoms with van der Waals surface area (Å²) in [6.45, 7) is 14.5. The van der Waals surface area contributed by atoms with Gasteiger partial charge < -0.3 is 45.6 Å². The van der Waals surface area contributed by atoms with Gasteiger partial charge in [0.05, 0.1) is 19.3 Å².